The molecule has 1 atom stereocenters. The average molecular weight is 359 g/mol. The highest BCUT2D eigenvalue weighted by Crippen LogP contribution is 2.28. The molecule has 1 aromatic rings. The number of nitrogens with two attached hydrogens (primary N) is 1. The summed E-state index contributed by atoms with van der Waals surface area (Å²) in [5.74, 6) is 7.10. The van der Waals surface area contributed by atoms with Crippen LogP contribution in [0.4, 0.5) is 4.39 Å². The van der Waals surface area contributed by atoms with E-state index >= 15 is 0 Å². The van der Waals surface area contributed by atoms with E-state index in [0.29, 0.717) is 18.0 Å². The molecule has 0 aromatic heterocycles. The van der Waals surface area contributed by atoms with Crippen LogP contribution in [0, 0.1) is 11.7 Å². The summed E-state index contributed by atoms with van der Waals surface area (Å²) in [6, 6.07) is 6.71. The first-order chi connectivity index (χ1) is 12.3. The molecule has 5 nitrogen and oxygen atoms in total. The smallest absolute Gasteiger partial charge is 0.131 e. The highest BCUT2D eigenvalue weighted by Gasteiger charge is 2.33. The molecule has 1 heterocycles. The minimum Gasteiger partial charge on any atom is -0.349 e. The number of hydrazine groups is 1. The van der Waals surface area contributed by atoms with Crippen molar-refractivity contribution in [1.82, 2.24) is 20.5 Å². The van der Waals surface area contributed by atoms with Gasteiger partial charge in [0.2, 0.25) is 0 Å². The fourth-order valence-corrected chi connectivity index (χ4v) is 3.01. The minimum absolute atomic E-state index is 0.0234. The quantitative estimate of drug-likeness (QED) is 0.468. The third-order valence-electron chi connectivity index (χ3n) is 4.42. The van der Waals surface area contributed by atoms with Crippen LogP contribution < -0.4 is 16.5 Å². The van der Waals surface area contributed by atoms with E-state index in [2.05, 4.69) is 42.5 Å². The van der Waals surface area contributed by atoms with E-state index in [0.717, 1.165) is 30.0 Å². The molecule has 0 bridgehead atoms. The summed E-state index contributed by atoms with van der Waals surface area (Å²) in [5, 5.41) is 8.13. The van der Waals surface area contributed by atoms with Crippen LogP contribution in [0.5, 0.6) is 0 Å². The summed E-state index contributed by atoms with van der Waals surface area (Å²) < 4.78 is 13.6. The van der Waals surface area contributed by atoms with Crippen molar-refractivity contribution in [2.75, 3.05) is 13.6 Å². The van der Waals surface area contributed by atoms with E-state index < -0.39 is 0 Å². The van der Waals surface area contributed by atoms with Gasteiger partial charge in [0.1, 0.15) is 23.5 Å². The van der Waals surface area contributed by atoms with Crippen LogP contribution in [0.15, 0.2) is 60.8 Å². The van der Waals surface area contributed by atoms with Crippen molar-refractivity contribution in [2.24, 2.45) is 11.8 Å². The Hall–Kier alpha value is -2.47. The first kappa shape index (κ1) is 19.8. The number of rotatable bonds is 9. The molecule has 0 radical (unpaired) electrons. The molecule has 0 saturated heterocycles. The first-order valence-corrected chi connectivity index (χ1v) is 8.90. The Labute approximate surface area is 156 Å². The number of hydrogen-bond acceptors (Lipinski definition) is 5. The van der Waals surface area contributed by atoms with Crippen molar-refractivity contribution in [3.63, 3.8) is 0 Å². The van der Waals surface area contributed by atoms with Gasteiger partial charge in [-0.25, -0.2) is 10.2 Å². The second-order valence-corrected chi connectivity index (χ2v) is 7.00. The van der Waals surface area contributed by atoms with Gasteiger partial charge in [0.25, 0.3) is 0 Å². The summed E-state index contributed by atoms with van der Waals surface area (Å²) >= 11 is 0. The predicted octanol–water partition coefficient (Wildman–Crippen LogP) is 2.87. The van der Waals surface area contributed by atoms with E-state index in [4.69, 9.17) is 5.84 Å². The van der Waals surface area contributed by atoms with Crippen LogP contribution in [-0.4, -0.2) is 29.7 Å². The van der Waals surface area contributed by atoms with E-state index in [1.165, 1.54) is 11.1 Å². The highest BCUT2D eigenvalue weighted by molar-refractivity contribution is 5.35. The molecule has 2 rings (SSSR count). The molecule has 0 spiro atoms. The molecule has 1 unspecified atom stereocenters. The lowest BCUT2D eigenvalue weighted by Crippen LogP contribution is -2.42. The van der Waals surface area contributed by atoms with Gasteiger partial charge in [0.15, 0.2) is 0 Å². The van der Waals surface area contributed by atoms with Crippen LogP contribution >= 0.6 is 0 Å². The minimum atomic E-state index is -0.224. The van der Waals surface area contributed by atoms with Gasteiger partial charge >= 0.3 is 0 Å². The second-order valence-electron chi connectivity index (χ2n) is 7.00. The molecule has 1 aliphatic rings. The van der Waals surface area contributed by atoms with Crippen molar-refractivity contribution in [1.29, 1.82) is 0 Å². The summed E-state index contributed by atoms with van der Waals surface area (Å²) in [6.07, 6.45) is 3.28. The fraction of sp³-hybridized carbons (Fsp3) is 0.400. The monoisotopic (exact) mass is 359 g/mol. The molecule has 26 heavy (non-hydrogen) atoms. The van der Waals surface area contributed by atoms with Crippen molar-refractivity contribution < 1.29 is 4.39 Å². The molecule has 1 aromatic carbocycles. The zero-order valence-corrected chi connectivity index (χ0v) is 15.9. The zero-order valence-electron chi connectivity index (χ0n) is 15.9. The summed E-state index contributed by atoms with van der Waals surface area (Å²) in [7, 11) is 1.77. The van der Waals surface area contributed by atoms with Gasteiger partial charge in [-0.3, -0.25) is 0 Å². The first-order valence-electron chi connectivity index (χ1n) is 8.90. The number of hydrogen-bond donors (Lipinski definition) is 3. The molecule has 0 aliphatic carbocycles. The van der Waals surface area contributed by atoms with E-state index in [9.17, 15) is 4.39 Å². The third-order valence-corrected chi connectivity index (χ3v) is 4.42. The molecule has 0 amide bonds. The topological polar surface area (TPSA) is 56.6 Å². The Kier molecular flexibility index (Phi) is 6.69. The maximum Gasteiger partial charge on any atom is 0.131 e. The van der Waals surface area contributed by atoms with E-state index in [1.807, 2.05) is 6.07 Å². The van der Waals surface area contributed by atoms with Crippen LogP contribution in [0.25, 0.3) is 0 Å². The van der Waals surface area contributed by atoms with Gasteiger partial charge in [0, 0.05) is 20.0 Å². The normalized spacial score (nSPS) is 16.7. The molecular formula is C20H30FN5. The van der Waals surface area contributed by atoms with E-state index in [1.54, 1.807) is 25.4 Å². The number of nitrogens with zero attached hydrogens (tertiary/aromatic N) is 2. The van der Waals surface area contributed by atoms with Gasteiger partial charge in [-0.05, 0) is 36.2 Å². The zero-order chi connectivity index (χ0) is 19.3. The van der Waals surface area contributed by atoms with Gasteiger partial charge in [-0.1, -0.05) is 39.1 Å². The van der Waals surface area contributed by atoms with Crippen molar-refractivity contribution >= 4 is 0 Å². The van der Waals surface area contributed by atoms with Gasteiger partial charge in [-0.2, -0.15) is 0 Å². The van der Waals surface area contributed by atoms with Gasteiger partial charge in [-0.15, -0.1) is 0 Å². The maximum absolute atomic E-state index is 13.6. The lowest BCUT2D eigenvalue weighted by molar-refractivity contribution is 0.237. The van der Waals surface area contributed by atoms with Crippen molar-refractivity contribution in [2.45, 2.75) is 32.9 Å². The molecule has 0 fully saturated rings. The molecule has 6 heteroatoms. The SMILES string of the molecule is C=CNC1=C(C(=C)N(C)N)N(CCC(C)C)C(Cc2cccc(F)c2)N1. The Bertz CT molecular complexity index is 681. The Morgan fingerprint density at radius 2 is 2.23 bits per heavy atom. The Morgan fingerprint density at radius 1 is 1.50 bits per heavy atom. The third kappa shape index (κ3) is 4.79. The van der Waals surface area contributed by atoms with Crippen molar-refractivity contribution in [3.05, 3.63) is 72.2 Å². The molecule has 1 aliphatic heterocycles. The summed E-state index contributed by atoms with van der Waals surface area (Å²) in [5.41, 5.74) is 2.55. The molecule has 4 N–H and O–H groups in total. The largest absolute Gasteiger partial charge is 0.349 e. The van der Waals surface area contributed by atoms with Gasteiger partial charge in [0.05, 0.1) is 5.70 Å². The summed E-state index contributed by atoms with van der Waals surface area (Å²) in [4.78, 5) is 2.25. The molecule has 142 valence electrons. The maximum atomic E-state index is 13.6. The number of likely N-dealkylation sites (N-methyl/N-ethyl adjacent to an activating group) is 1. The predicted molar refractivity (Wildman–Crippen MR) is 105 cm³/mol. The number of benzene rings is 1. The van der Waals surface area contributed by atoms with Crippen LogP contribution in [0.1, 0.15) is 25.8 Å². The highest BCUT2D eigenvalue weighted by atomic mass is 19.1. The second kappa shape index (κ2) is 8.76. The molecule has 0 saturated carbocycles. The van der Waals surface area contributed by atoms with E-state index in [-0.39, 0.29) is 12.0 Å². The average Bonchev–Trinajstić information content (AvgIpc) is 2.89. The van der Waals surface area contributed by atoms with Crippen LogP contribution in [0.2, 0.25) is 0 Å². The Morgan fingerprint density at radius 3 is 2.81 bits per heavy atom. The van der Waals surface area contributed by atoms with Crippen molar-refractivity contribution in [3.8, 4) is 0 Å². The fourth-order valence-electron chi connectivity index (χ4n) is 3.01. The summed E-state index contributed by atoms with van der Waals surface area (Å²) in [6.45, 7) is 13.1. The standard InChI is InChI=1S/C20H30FN5/c1-6-23-20-19(15(4)25(5)22)26(11-10-14(2)3)18(24-20)13-16-8-7-9-17(21)12-16/h6-9,12,14,18,23-24H,1,4,10-11,13,22H2,2-3,5H3. The van der Waals surface area contributed by atoms with Crippen LogP contribution in [0.3, 0.4) is 0 Å². The van der Waals surface area contributed by atoms with Crippen LogP contribution in [-0.2, 0) is 6.42 Å². The lowest BCUT2D eigenvalue weighted by Gasteiger charge is -2.31. The number of halogens is 1. The molecular weight excluding hydrogens is 329 g/mol. The van der Waals surface area contributed by atoms with Gasteiger partial charge < -0.3 is 20.5 Å². The number of nitrogens with one attached hydrogen (secondary N) is 2. The Balaban J connectivity index is 2.32. The lowest BCUT2D eigenvalue weighted by atomic mass is 10.1.